The van der Waals surface area contributed by atoms with Gasteiger partial charge < -0.3 is 10.2 Å². The van der Waals surface area contributed by atoms with E-state index in [1.54, 1.807) is 0 Å². The number of aliphatic carboxylic acids is 1. The molecule has 0 saturated carbocycles. The number of carbonyl (C=O) groups is 1. The van der Waals surface area contributed by atoms with Crippen LogP contribution >= 0.6 is 11.3 Å². The van der Waals surface area contributed by atoms with Gasteiger partial charge in [0.05, 0.1) is 5.69 Å². The van der Waals surface area contributed by atoms with E-state index >= 15 is 0 Å². The van der Waals surface area contributed by atoms with E-state index in [2.05, 4.69) is 4.98 Å². The van der Waals surface area contributed by atoms with Gasteiger partial charge in [-0.1, -0.05) is 0 Å². The Labute approximate surface area is 85.2 Å². The first-order valence-electron chi connectivity index (χ1n) is 4.58. The molecular weight excluding hydrogens is 202 g/mol. The van der Waals surface area contributed by atoms with Gasteiger partial charge in [-0.3, -0.25) is 0 Å². The highest BCUT2D eigenvalue weighted by atomic mass is 32.1. The first kappa shape index (κ1) is 9.61. The molecule has 0 fully saturated rings. The third-order valence-corrected chi connectivity index (χ3v) is 3.54. The molecule has 14 heavy (non-hydrogen) atoms. The van der Waals surface area contributed by atoms with Gasteiger partial charge >= 0.3 is 5.97 Å². The molecule has 1 aromatic heterocycles. The van der Waals surface area contributed by atoms with Crippen LogP contribution in [0, 0.1) is 0 Å². The van der Waals surface area contributed by atoms with Crippen LogP contribution in [-0.2, 0) is 17.6 Å². The Kier molecular flexibility index (Phi) is 2.52. The number of aromatic nitrogens is 1. The molecule has 2 N–H and O–H groups in total. The maximum atomic E-state index is 10.5. The Hall–Kier alpha value is -0.940. The Morgan fingerprint density at radius 2 is 2.14 bits per heavy atom. The number of hydrogen-bond donors (Lipinski definition) is 2. The SMILES string of the molecule is O=C(O)C(O)c1nc2c(s1)CCCC2. The highest BCUT2D eigenvalue weighted by Gasteiger charge is 2.23. The molecule has 4 nitrogen and oxygen atoms in total. The predicted molar refractivity (Wildman–Crippen MR) is 51.4 cm³/mol. The summed E-state index contributed by atoms with van der Waals surface area (Å²) in [7, 11) is 0. The number of nitrogens with zero attached hydrogens (tertiary/aromatic N) is 1. The van der Waals surface area contributed by atoms with Gasteiger partial charge in [0.25, 0.3) is 0 Å². The van der Waals surface area contributed by atoms with Crippen LogP contribution in [0.3, 0.4) is 0 Å². The topological polar surface area (TPSA) is 70.4 Å². The number of aryl methyl sites for hydroxylation is 2. The van der Waals surface area contributed by atoms with Crippen molar-refractivity contribution in [2.24, 2.45) is 0 Å². The Bertz CT molecular complexity index is 337. The summed E-state index contributed by atoms with van der Waals surface area (Å²) in [4.78, 5) is 15.8. The predicted octanol–water partition coefficient (Wildman–Crippen LogP) is 1.14. The number of hydrogen-bond acceptors (Lipinski definition) is 4. The van der Waals surface area contributed by atoms with E-state index in [0.717, 1.165) is 36.3 Å². The van der Waals surface area contributed by atoms with Crippen molar-refractivity contribution in [2.75, 3.05) is 0 Å². The third kappa shape index (κ3) is 1.65. The van der Waals surface area contributed by atoms with Gasteiger partial charge in [-0.2, -0.15) is 0 Å². The molecule has 0 aliphatic heterocycles. The molecular formula is C9H11NO3S. The zero-order valence-electron chi connectivity index (χ0n) is 7.56. The van der Waals surface area contributed by atoms with Crippen molar-refractivity contribution in [2.45, 2.75) is 31.8 Å². The smallest absolute Gasteiger partial charge is 0.339 e. The summed E-state index contributed by atoms with van der Waals surface area (Å²) in [5.41, 5.74) is 0.983. The number of thiazole rings is 1. The van der Waals surface area contributed by atoms with Crippen LogP contribution in [0.2, 0.25) is 0 Å². The van der Waals surface area contributed by atoms with Crippen LogP contribution in [0.15, 0.2) is 0 Å². The summed E-state index contributed by atoms with van der Waals surface area (Å²) in [6.45, 7) is 0. The summed E-state index contributed by atoms with van der Waals surface area (Å²) in [6, 6.07) is 0. The minimum Gasteiger partial charge on any atom is -0.479 e. The van der Waals surface area contributed by atoms with E-state index in [9.17, 15) is 9.90 Å². The van der Waals surface area contributed by atoms with Crippen molar-refractivity contribution in [3.63, 3.8) is 0 Å². The van der Waals surface area contributed by atoms with E-state index in [1.165, 1.54) is 11.3 Å². The van der Waals surface area contributed by atoms with Crippen molar-refractivity contribution < 1.29 is 15.0 Å². The van der Waals surface area contributed by atoms with Crippen molar-refractivity contribution >= 4 is 17.3 Å². The van der Waals surface area contributed by atoms with Crippen LogP contribution in [0.4, 0.5) is 0 Å². The summed E-state index contributed by atoms with van der Waals surface area (Å²) < 4.78 is 0. The minimum atomic E-state index is -1.45. The molecule has 1 atom stereocenters. The summed E-state index contributed by atoms with van der Waals surface area (Å²) in [5.74, 6) is -1.23. The van der Waals surface area contributed by atoms with Crippen molar-refractivity contribution in [3.8, 4) is 0 Å². The van der Waals surface area contributed by atoms with Crippen molar-refractivity contribution in [1.29, 1.82) is 0 Å². The molecule has 2 rings (SSSR count). The normalized spacial score (nSPS) is 17.5. The number of carboxylic acid groups (broad SMARTS) is 1. The average Bonchev–Trinajstić information content (AvgIpc) is 2.59. The van der Waals surface area contributed by atoms with Gasteiger partial charge in [0.15, 0.2) is 0 Å². The average molecular weight is 213 g/mol. The van der Waals surface area contributed by atoms with Gasteiger partial charge in [0.2, 0.25) is 6.10 Å². The number of carboxylic acids is 1. The molecule has 76 valence electrons. The first-order chi connectivity index (χ1) is 6.68. The Morgan fingerprint density at radius 1 is 1.43 bits per heavy atom. The lowest BCUT2D eigenvalue weighted by Gasteiger charge is -2.06. The molecule has 0 radical (unpaired) electrons. The fraction of sp³-hybridized carbons (Fsp3) is 0.556. The fourth-order valence-electron chi connectivity index (χ4n) is 1.59. The molecule has 1 aliphatic carbocycles. The molecule has 0 amide bonds. The number of fused-ring (bicyclic) bond motifs is 1. The van der Waals surface area contributed by atoms with E-state index in [4.69, 9.17) is 5.11 Å². The van der Waals surface area contributed by atoms with Crippen LogP contribution in [0.5, 0.6) is 0 Å². The molecule has 0 aromatic carbocycles. The molecule has 0 saturated heterocycles. The monoisotopic (exact) mass is 213 g/mol. The highest BCUT2D eigenvalue weighted by Crippen LogP contribution is 2.29. The second kappa shape index (κ2) is 3.67. The summed E-state index contributed by atoms with van der Waals surface area (Å²) in [5, 5.41) is 18.2. The molecule has 0 bridgehead atoms. The van der Waals surface area contributed by atoms with Crippen molar-refractivity contribution in [1.82, 2.24) is 4.98 Å². The van der Waals surface area contributed by atoms with Gasteiger partial charge in [-0.15, -0.1) is 11.3 Å². The van der Waals surface area contributed by atoms with Crippen LogP contribution in [-0.4, -0.2) is 21.2 Å². The van der Waals surface area contributed by atoms with Crippen molar-refractivity contribution in [3.05, 3.63) is 15.6 Å². The van der Waals surface area contributed by atoms with Crippen LogP contribution < -0.4 is 0 Å². The van der Waals surface area contributed by atoms with E-state index in [1.807, 2.05) is 0 Å². The van der Waals surface area contributed by atoms with Gasteiger partial charge in [0, 0.05) is 4.88 Å². The lowest BCUT2D eigenvalue weighted by Crippen LogP contribution is -2.10. The number of aliphatic hydroxyl groups is 1. The molecule has 1 aliphatic rings. The highest BCUT2D eigenvalue weighted by molar-refractivity contribution is 7.11. The van der Waals surface area contributed by atoms with Crippen LogP contribution in [0.25, 0.3) is 0 Å². The minimum absolute atomic E-state index is 0.324. The van der Waals surface area contributed by atoms with Gasteiger partial charge in [-0.25, -0.2) is 9.78 Å². The van der Waals surface area contributed by atoms with Crippen LogP contribution in [0.1, 0.15) is 34.5 Å². The maximum absolute atomic E-state index is 10.5. The molecule has 1 heterocycles. The molecule has 1 aromatic rings. The van der Waals surface area contributed by atoms with E-state index in [0.29, 0.717) is 5.01 Å². The zero-order valence-corrected chi connectivity index (χ0v) is 8.38. The van der Waals surface area contributed by atoms with Gasteiger partial charge in [-0.05, 0) is 25.7 Å². The maximum Gasteiger partial charge on any atom is 0.339 e. The standard InChI is InChI=1S/C9H11NO3S/c11-7(9(12)13)8-10-5-3-1-2-4-6(5)14-8/h7,11H,1-4H2,(H,12,13). The first-order valence-corrected chi connectivity index (χ1v) is 5.39. The number of aliphatic hydroxyl groups excluding tert-OH is 1. The number of rotatable bonds is 2. The lowest BCUT2D eigenvalue weighted by molar-refractivity contribution is -0.146. The quantitative estimate of drug-likeness (QED) is 0.772. The Morgan fingerprint density at radius 3 is 2.79 bits per heavy atom. The second-order valence-corrected chi connectivity index (χ2v) is 4.49. The zero-order chi connectivity index (χ0) is 10.1. The lowest BCUT2D eigenvalue weighted by atomic mass is 10.0. The second-order valence-electron chi connectivity index (χ2n) is 3.37. The van der Waals surface area contributed by atoms with E-state index in [-0.39, 0.29) is 0 Å². The third-order valence-electron chi connectivity index (χ3n) is 2.33. The summed E-state index contributed by atoms with van der Waals surface area (Å²) >= 11 is 1.33. The Balaban J connectivity index is 2.28. The van der Waals surface area contributed by atoms with Gasteiger partial charge in [0.1, 0.15) is 5.01 Å². The fourth-order valence-corrected chi connectivity index (χ4v) is 2.73. The van der Waals surface area contributed by atoms with E-state index < -0.39 is 12.1 Å². The molecule has 0 spiro atoms. The molecule has 5 heteroatoms. The largest absolute Gasteiger partial charge is 0.479 e. The molecule has 1 unspecified atom stereocenters. The summed E-state index contributed by atoms with van der Waals surface area (Å²) in [6.07, 6.45) is 2.68.